The molecule has 0 spiro atoms. The van der Waals surface area contributed by atoms with Gasteiger partial charge in [0.2, 0.25) is 0 Å². The van der Waals surface area contributed by atoms with Crippen LogP contribution in [-0.2, 0) is 13.6 Å². The molecule has 0 radical (unpaired) electrons. The van der Waals surface area contributed by atoms with Crippen molar-refractivity contribution in [1.82, 2.24) is 4.90 Å². The fourth-order valence-corrected chi connectivity index (χ4v) is 4.12. The maximum Gasteiger partial charge on any atom is 0.531 e. The predicted octanol–water partition coefficient (Wildman–Crippen LogP) is 2.60. The lowest BCUT2D eigenvalue weighted by Crippen LogP contribution is -2.41. The zero-order valence-electron chi connectivity index (χ0n) is 15.1. The number of carbonyl (C=O) groups is 2. The van der Waals surface area contributed by atoms with Crippen molar-refractivity contribution in [3.05, 3.63) is 41.5 Å². The average Bonchev–Trinajstić information content (AvgIpc) is 2.69. The van der Waals surface area contributed by atoms with Crippen LogP contribution in [0.1, 0.15) is 27.6 Å². The van der Waals surface area contributed by atoms with Crippen LogP contribution in [0.2, 0.25) is 0 Å². The zero-order valence-corrected chi connectivity index (χ0v) is 16.0. The number of phosphoric ester groups is 1. The molecule has 9 heteroatoms. The lowest BCUT2D eigenvalue weighted by atomic mass is 9.93. The molecule has 0 aliphatic carbocycles. The average molecular weight is 403 g/mol. The van der Waals surface area contributed by atoms with Crippen LogP contribution >= 0.6 is 7.82 Å². The summed E-state index contributed by atoms with van der Waals surface area (Å²) in [5.74, 6) is 1.29. The molecule has 8 nitrogen and oxygen atoms in total. The summed E-state index contributed by atoms with van der Waals surface area (Å²) in [6, 6.07) is 7.76. The van der Waals surface area contributed by atoms with Crippen molar-refractivity contribution in [1.29, 1.82) is 0 Å². The number of benzene rings is 2. The van der Waals surface area contributed by atoms with Gasteiger partial charge in [-0.15, -0.1) is 6.42 Å². The number of hydrogen-bond acceptors (Lipinski definition) is 7. The van der Waals surface area contributed by atoms with Gasteiger partial charge in [-0.1, -0.05) is 18.1 Å². The Bertz CT molecular complexity index is 1000. The molecule has 0 aromatic heterocycles. The molecule has 0 bridgehead atoms. The first-order valence-electron chi connectivity index (χ1n) is 8.50. The molecule has 1 atom stereocenters. The van der Waals surface area contributed by atoms with Crippen LogP contribution in [-0.4, -0.2) is 48.2 Å². The molecule has 2 aromatic rings. The minimum atomic E-state index is -3.99. The van der Waals surface area contributed by atoms with Gasteiger partial charge < -0.3 is 9.63 Å². The van der Waals surface area contributed by atoms with Gasteiger partial charge in [0.1, 0.15) is 12.4 Å². The first kappa shape index (κ1) is 20.1. The predicted molar refractivity (Wildman–Crippen MR) is 101 cm³/mol. The topological polar surface area (TPSA) is 102 Å². The Hall–Kier alpha value is -2.69. The number of β-amino-alcohol motifs (C(OH)–C–C–N with tert-alkyl or cyclic N) is 1. The van der Waals surface area contributed by atoms with Crippen LogP contribution in [0.3, 0.4) is 0 Å². The first-order chi connectivity index (χ1) is 13.5. The molecule has 1 aliphatic heterocycles. The minimum Gasteiger partial charge on any atom is -0.403 e. The summed E-state index contributed by atoms with van der Waals surface area (Å²) < 4.78 is 28.5. The highest BCUT2D eigenvalue weighted by Gasteiger charge is 2.34. The number of imide groups is 1. The molecule has 2 aromatic carbocycles. The molecule has 1 N–H and O–H groups in total. The number of terminal acetylenes is 1. The van der Waals surface area contributed by atoms with E-state index in [2.05, 4.69) is 5.92 Å². The number of phosphoric acid groups is 1. The molecule has 28 heavy (non-hydrogen) atoms. The van der Waals surface area contributed by atoms with Gasteiger partial charge in [-0.25, -0.2) is 4.57 Å². The summed E-state index contributed by atoms with van der Waals surface area (Å²) in [5, 5.41) is 9.94. The Kier molecular flexibility index (Phi) is 5.82. The third-order valence-electron chi connectivity index (χ3n) is 4.08. The first-order valence-corrected chi connectivity index (χ1v) is 9.96. The molecule has 1 aliphatic rings. The fraction of sp³-hybridized carbons (Fsp3) is 0.263. The highest BCUT2D eigenvalue weighted by molar-refractivity contribution is 7.49. The van der Waals surface area contributed by atoms with Crippen molar-refractivity contribution in [2.24, 2.45) is 0 Å². The van der Waals surface area contributed by atoms with Crippen LogP contribution in [0, 0.1) is 12.3 Å². The maximum absolute atomic E-state index is 12.8. The molecule has 0 saturated heterocycles. The summed E-state index contributed by atoms with van der Waals surface area (Å²) in [6.45, 7) is 0.973. The third kappa shape index (κ3) is 3.53. The van der Waals surface area contributed by atoms with E-state index in [1.807, 2.05) is 0 Å². The normalized spacial score (nSPS) is 15.4. The molecule has 146 valence electrons. The number of carbonyl (C=O) groups excluding carboxylic acids is 2. The van der Waals surface area contributed by atoms with E-state index in [9.17, 15) is 14.2 Å². The number of amides is 2. The van der Waals surface area contributed by atoms with Gasteiger partial charge in [0.25, 0.3) is 11.8 Å². The van der Waals surface area contributed by atoms with Crippen LogP contribution < -0.4 is 4.52 Å². The SMILES string of the molecule is C#CCOP(=O)(OCC)Oc1ccc2c3c(cccc13)C(=O)N(CCO)C2=O. The number of aliphatic hydroxyl groups is 1. The van der Waals surface area contributed by atoms with E-state index in [1.54, 1.807) is 25.1 Å². The van der Waals surface area contributed by atoms with Crippen molar-refractivity contribution < 1.29 is 32.8 Å². The summed E-state index contributed by atoms with van der Waals surface area (Å²) >= 11 is 0. The Morgan fingerprint density at radius 2 is 1.86 bits per heavy atom. The van der Waals surface area contributed by atoms with Crippen LogP contribution in [0.4, 0.5) is 0 Å². The Morgan fingerprint density at radius 3 is 2.50 bits per heavy atom. The quantitative estimate of drug-likeness (QED) is 0.411. The molecule has 0 fully saturated rings. The van der Waals surface area contributed by atoms with Crippen molar-refractivity contribution in [2.45, 2.75) is 6.92 Å². The molecular formula is C19H18NO7P. The molecule has 0 saturated carbocycles. The maximum atomic E-state index is 12.8. The third-order valence-corrected chi connectivity index (χ3v) is 5.52. The fourth-order valence-electron chi connectivity index (χ4n) is 2.99. The Balaban J connectivity index is 2.11. The van der Waals surface area contributed by atoms with E-state index >= 15 is 0 Å². The van der Waals surface area contributed by atoms with E-state index in [0.29, 0.717) is 10.8 Å². The van der Waals surface area contributed by atoms with Gasteiger partial charge in [0.15, 0.2) is 0 Å². The van der Waals surface area contributed by atoms with E-state index in [1.165, 1.54) is 12.1 Å². The Labute approximate surface area is 161 Å². The molecule has 2 amide bonds. The second-order valence-corrected chi connectivity index (χ2v) is 7.35. The second-order valence-electron chi connectivity index (χ2n) is 5.76. The van der Waals surface area contributed by atoms with E-state index < -0.39 is 19.6 Å². The van der Waals surface area contributed by atoms with Crippen LogP contribution in [0.15, 0.2) is 30.3 Å². The van der Waals surface area contributed by atoms with Gasteiger partial charge in [-0.05, 0) is 25.1 Å². The second kappa shape index (κ2) is 8.13. The summed E-state index contributed by atoms with van der Waals surface area (Å²) in [6.07, 6.45) is 5.14. The van der Waals surface area contributed by atoms with Crippen LogP contribution in [0.25, 0.3) is 10.8 Å². The number of hydrogen-bond donors (Lipinski definition) is 1. The number of aliphatic hydroxyl groups excluding tert-OH is 1. The monoisotopic (exact) mass is 403 g/mol. The van der Waals surface area contributed by atoms with Gasteiger partial charge in [0, 0.05) is 21.9 Å². The molecular weight excluding hydrogens is 385 g/mol. The lowest BCUT2D eigenvalue weighted by molar-refractivity contribution is 0.0580. The standard InChI is InChI=1S/C19H18NO7P/c1-3-12-26-28(24,25-4-2)27-16-9-8-15-17-13(16)6-5-7-14(17)18(22)20(10-11-21)19(15)23/h1,5-9,21H,4,10-12H2,2H3. The highest BCUT2D eigenvalue weighted by atomic mass is 31.2. The van der Waals surface area contributed by atoms with Crippen LogP contribution in [0.5, 0.6) is 5.75 Å². The van der Waals surface area contributed by atoms with Crippen molar-refractivity contribution in [3.8, 4) is 18.1 Å². The van der Waals surface area contributed by atoms with Crippen molar-refractivity contribution in [2.75, 3.05) is 26.4 Å². The lowest BCUT2D eigenvalue weighted by Gasteiger charge is -2.27. The van der Waals surface area contributed by atoms with Gasteiger partial charge in [-0.2, -0.15) is 0 Å². The highest BCUT2D eigenvalue weighted by Crippen LogP contribution is 2.51. The molecule has 1 unspecified atom stereocenters. The summed E-state index contributed by atoms with van der Waals surface area (Å²) in [5.41, 5.74) is 0.559. The number of nitrogens with zero attached hydrogens (tertiary/aromatic N) is 1. The number of rotatable bonds is 8. The molecule has 1 heterocycles. The van der Waals surface area contributed by atoms with Gasteiger partial charge in [0.05, 0.1) is 19.8 Å². The smallest absolute Gasteiger partial charge is 0.403 e. The van der Waals surface area contributed by atoms with E-state index in [4.69, 9.17) is 25.1 Å². The zero-order chi connectivity index (χ0) is 20.3. The van der Waals surface area contributed by atoms with Gasteiger partial charge in [-0.3, -0.25) is 23.5 Å². The van der Waals surface area contributed by atoms with Gasteiger partial charge >= 0.3 is 7.82 Å². The Morgan fingerprint density at radius 1 is 1.14 bits per heavy atom. The van der Waals surface area contributed by atoms with Crippen molar-refractivity contribution >= 4 is 30.4 Å². The summed E-state index contributed by atoms with van der Waals surface area (Å²) in [7, 11) is -3.99. The minimum absolute atomic E-state index is 0.0657. The van der Waals surface area contributed by atoms with E-state index in [0.717, 1.165) is 4.90 Å². The van der Waals surface area contributed by atoms with Crippen molar-refractivity contribution in [3.63, 3.8) is 0 Å². The largest absolute Gasteiger partial charge is 0.531 e. The summed E-state index contributed by atoms with van der Waals surface area (Å²) in [4.78, 5) is 26.3. The molecule has 3 rings (SSSR count). The van der Waals surface area contributed by atoms with E-state index in [-0.39, 0.29) is 43.2 Å².